The second-order valence-corrected chi connectivity index (χ2v) is 36.9. The molecule has 8 aromatic carbocycles. The van der Waals surface area contributed by atoms with Crippen LogP contribution < -0.4 is 11.1 Å². The van der Waals surface area contributed by atoms with Crippen LogP contribution in [0.3, 0.4) is 0 Å². The van der Waals surface area contributed by atoms with E-state index in [9.17, 15) is 50.5 Å². The van der Waals surface area contributed by atoms with Gasteiger partial charge < -0.3 is 0 Å². The molecule has 20 nitrogen and oxygen atoms in total. The number of nitrogens with zero attached hydrogens (tertiary/aromatic N) is 4. The van der Waals surface area contributed by atoms with Gasteiger partial charge in [0, 0.05) is 11.0 Å². The predicted octanol–water partition coefficient (Wildman–Crippen LogP) is 11.2. The van der Waals surface area contributed by atoms with E-state index in [1.54, 1.807) is 27.7 Å². The molecule has 0 spiro atoms. The van der Waals surface area contributed by atoms with E-state index < -0.39 is 138 Å². The third-order valence-electron chi connectivity index (χ3n) is 14.0. The largest absolute Gasteiger partial charge is 0.277 e. The Labute approximate surface area is 530 Å². The first kappa shape index (κ1) is 68.1. The summed E-state index contributed by atoms with van der Waals surface area (Å²) in [7, 11) is -41.4. The van der Waals surface area contributed by atoms with Crippen molar-refractivity contribution in [2.75, 3.05) is 17.7 Å². The van der Waals surface area contributed by atoms with Crippen molar-refractivity contribution in [2.24, 2.45) is 0 Å². The Morgan fingerprint density at radius 2 is 0.449 bits per heavy atom. The topological polar surface area (TPSA) is 286 Å². The average molecular weight is 1430 g/mol. The Morgan fingerprint density at radius 1 is 0.258 bits per heavy atom. The van der Waals surface area contributed by atoms with E-state index in [0.717, 1.165) is 92.1 Å². The molecule has 0 aliphatic heterocycles. The van der Waals surface area contributed by atoms with Crippen LogP contribution in [0.15, 0.2) is 238 Å². The SMILES string of the molecule is CCCCCCCCN(S(=O)(=O)c1ccc(Br)cc1)S(=O)(=O)c1ccc(N(S(=O)(=O)c2ccc(N(S(=O)(=O)c3ccc(C)cc3)S(=O)(=O)c3ccc(C)cc3)cc2)S(=O)(=O)c2ccc(N(S(=O)(=O)c3ccc(C)cc3)S(=O)(=O)c3ccc(C)cc3)cc2)cc1. The van der Waals surface area contributed by atoms with E-state index in [1.165, 1.54) is 121 Å². The number of hydrogen-bond donors (Lipinski definition) is 0. The van der Waals surface area contributed by atoms with Gasteiger partial charge in [-0.3, -0.25) is 0 Å². The summed E-state index contributed by atoms with van der Waals surface area (Å²) in [4.78, 5) is -4.79. The van der Waals surface area contributed by atoms with Crippen molar-refractivity contribution in [1.29, 1.82) is 0 Å². The maximum Gasteiger partial charge on any atom is 0.277 e. The van der Waals surface area contributed by atoms with Gasteiger partial charge in [0.05, 0.1) is 56.2 Å². The molecule has 0 atom stereocenters. The van der Waals surface area contributed by atoms with Crippen LogP contribution in [0.5, 0.6) is 0 Å². The Bertz CT molecular complexity index is 4460. The van der Waals surface area contributed by atoms with E-state index >= 15 is 16.8 Å². The van der Waals surface area contributed by atoms with Crippen LogP contribution in [0, 0.1) is 27.7 Å². The number of unbranched alkanes of at least 4 members (excludes halogenated alkanes) is 5. The number of aryl methyl sites for hydroxylation is 4. The third-order valence-corrected chi connectivity index (χ3v) is 31.5. The van der Waals surface area contributed by atoms with Gasteiger partial charge in [-0.15, -0.1) is 0 Å². The van der Waals surface area contributed by atoms with Gasteiger partial charge in [0.15, 0.2) is 0 Å². The molecule has 8 rings (SSSR count). The van der Waals surface area contributed by atoms with Gasteiger partial charge in [0.2, 0.25) is 0 Å². The van der Waals surface area contributed by atoms with Gasteiger partial charge in [0.25, 0.3) is 80.2 Å². The van der Waals surface area contributed by atoms with Crippen molar-refractivity contribution in [2.45, 2.75) is 112 Å². The number of sulfonamides is 8. The zero-order chi connectivity index (χ0) is 65.1. The van der Waals surface area contributed by atoms with Crippen molar-refractivity contribution in [1.82, 2.24) is 3.71 Å². The Hall–Kier alpha value is -6.80. The minimum atomic E-state index is -5.62. The minimum absolute atomic E-state index is 0.0923. The first-order chi connectivity index (χ1) is 41.7. The second-order valence-electron chi connectivity index (χ2n) is 20.6. The summed E-state index contributed by atoms with van der Waals surface area (Å²) >= 11 is 3.25. The first-order valence-electron chi connectivity index (χ1n) is 27.2. The molecule has 0 saturated heterocycles. The molecule has 8 aromatic rings. The number of anilines is 3. The van der Waals surface area contributed by atoms with E-state index in [1.807, 2.05) is 6.92 Å². The Balaban J connectivity index is 1.28. The van der Waals surface area contributed by atoms with Crippen LogP contribution in [0.2, 0.25) is 0 Å². The molecule has 0 amide bonds. The molecule has 0 unspecified atom stereocenters. The number of halogens is 1. The van der Waals surface area contributed by atoms with Gasteiger partial charge in [-0.05, 0) is 180 Å². The lowest BCUT2D eigenvalue weighted by atomic mass is 10.1. The summed E-state index contributed by atoms with van der Waals surface area (Å²) in [5.41, 5.74) is 0.476. The van der Waals surface area contributed by atoms with E-state index in [2.05, 4.69) is 15.9 Å². The van der Waals surface area contributed by atoms with E-state index in [0.29, 0.717) is 43.3 Å². The molecule has 0 N–H and O–H groups in total. The Kier molecular flexibility index (Phi) is 20.3. The molecule has 0 aliphatic rings. The third kappa shape index (κ3) is 14.2. The summed E-state index contributed by atoms with van der Waals surface area (Å²) in [6.45, 7) is 8.18. The minimum Gasteiger partial charge on any atom is -0.206 e. The standard InChI is InChI=1S/C60H61BrN4O16S8/c1-6-7-8-9-10-11-44-62(82(66,67)53-36-20-49(61)21-37-53)83(68,69)54-38-22-50(23-39-54)65(88(78,79)59-40-24-51(25-41-59)63(84(70,71)55-28-12-45(2)13-29-55)85(72,73)56-30-14-46(3)15-31-56)89(80,81)60-42-26-52(27-43-60)64(86(74,75)57-32-16-47(4)17-33-57)87(76,77)58-34-18-48(5)19-35-58/h12-43H,6-11,44H2,1-5H3. The molecule has 0 aliphatic carbocycles. The molecular weight excluding hydrogens is 1370 g/mol. The molecule has 0 saturated carbocycles. The number of benzene rings is 8. The lowest BCUT2D eigenvalue weighted by Gasteiger charge is -2.27. The summed E-state index contributed by atoms with van der Waals surface area (Å²) < 4.78 is 236. The average Bonchev–Trinajstić information content (AvgIpc) is 0.793. The van der Waals surface area contributed by atoms with Crippen LogP contribution in [-0.2, 0) is 80.2 Å². The summed E-state index contributed by atoms with van der Waals surface area (Å²) in [6, 6.07) is 35.3. The molecular formula is C60H61BrN4O16S8. The molecule has 0 radical (unpaired) electrons. The predicted molar refractivity (Wildman–Crippen MR) is 343 cm³/mol. The van der Waals surface area contributed by atoms with Gasteiger partial charge in [-0.25, -0.2) is 67.3 Å². The maximum atomic E-state index is 15.4. The summed E-state index contributed by atoms with van der Waals surface area (Å²) in [5, 5.41) is 0. The quantitative estimate of drug-likeness (QED) is 0.0455. The lowest BCUT2D eigenvalue weighted by molar-refractivity contribution is 0.479. The zero-order valence-electron chi connectivity index (χ0n) is 48.4. The highest BCUT2D eigenvalue weighted by molar-refractivity contribution is 9.10. The van der Waals surface area contributed by atoms with Crippen LogP contribution in [0.1, 0.15) is 67.7 Å². The zero-order valence-corrected chi connectivity index (χ0v) is 56.5. The second kappa shape index (κ2) is 26.6. The first-order valence-corrected chi connectivity index (χ1v) is 39.5. The fourth-order valence-electron chi connectivity index (χ4n) is 9.09. The lowest BCUT2D eigenvalue weighted by Crippen LogP contribution is -2.38. The monoisotopic (exact) mass is 1430 g/mol. The molecule has 472 valence electrons. The van der Waals surface area contributed by atoms with Crippen molar-refractivity contribution < 1.29 is 67.3 Å². The summed E-state index contributed by atoms with van der Waals surface area (Å²) in [5.74, 6) is 0. The fourth-order valence-corrected chi connectivity index (χ4v) is 24.1. The highest BCUT2D eigenvalue weighted by atomic mass is 79.9. The van der Waals surface area contributed by atoms with Gasteiger partial charge in [-0.2, -0.15) is 11.1 Å². The smallest absolute Gasteiger partial charge is 0.206 e. The van der Waals surface area contributed by atoms with Crippen molar-refractivity contribution in [3.63, 3.8) is 0 Å². The molecule has 0 aromatic heterocycles. The molecule has 0 bridgehead atoms. The van der Waals surface area contributed by atoms with E-state index in [-0.39, 0.29) is 22.4 Å². The highest BCUT2D eigenvalue weighted by Crippen LogP contribution is 2.38. The fraction of sp³-hybridized carbons (Fsp3) is 0.200. The van der Waals surface area contributed by atoms with Crippen LogP contribution >= 0.6 is 15.9 Å². The van der Waals surface area contributed by atoms with Crippen molar-refractivity contribution >= 4 is 113 Å². The van der Waals surface area contributed by atoms with Crippen molar-refractivity contribution in [3.8, 4) is 0 Å². The van der Waals surface area contributed by atoms with Crippen molar-refractivity contribution in [3.05, 3.63) is 221 Å². The Morgan fingerprint density at radius 3 is 0.685 bits per heavy atom. The number of hydrogen-bond acceptors (Lipinski definition) is 16. The number of rotatable bonds is 26. The normalized spacial score (nSPS) is 12.8. The highest BCUT2D eigenvalue weighted by Gasteiger charge is 2.43. The summed E-state index contributed by atoms with van der Waals surface area (Å²) in [6.07, 6.45) is 3.87. The van der Waals surface area contributed by atoms with Gasteiger partial charge in [-0.1, -0.05) is 129 Å². The van der Waals surface area contributed by atoms with Crippen LogP contribution in [0.4, 0.5) is 17.1 Å². The molecule has 0 heterocycles. The molecule has 89 heavy (non-hydrogen) atoms. The van der Waals surface area contributed by atoms with Crippen LogP contribution in [0.25, 0.3) is 0 Å². The van der Waals surface area contributed by atoms with Gasteiger partial charge >= 0.3 is 0 Å². The van der Waals surface area contributed by atoms with Crippen LogP contribution in [-0.4, -0.2) is 77.6 Å². The van der Waals surface area contributed by atoms with E-state index in [4.69, 9.17) is 0 Å². The maximum absolute atomic E-state index is 15.4. The van der Waals surface area contributed by atoms with Gasteiger partial charge in [0.1, 0.15) is 0 Å². The molecule has 29 heteroatoms. The molecule has 0 fully saturated rings.